The fourth-order valence-corrected chi connectivity index (χ4v) is 3.56. The highest BCUT2D eigenvalue weighted by Crippen LogP contribution is 2.32. The Bertz CT molecular complexity index is 872. The number of nitrogens with zero attached hydrogens (tertiary/aromatic N) is 5. The van der Waals surface area contributed by atoms with Crippen LogP contribution in [0.4, 0.5) is 5.82 Å². The fourth-order valence-electron chi connectivity index (χ4n) is 2.94. The highest BCUT2D eigenvalue weighted by atomic mass is 32.1. The van der Waals surface area contributed by atoms with Crippen molar-refractivity contribution in [3.05, 3.63) is 29.2 Å². The summed E-state index contributed by atoms with van der Waals surface area (Å²) in [5.74, 6) is 0.567. The summed E-state index contributed by atoms with van der Waals surface area (Å²) in [6, 6.07) is 0. The van der Waals surface area contributed by atoms with Gasteiger partial charge in [0.25, 0.3) is 0 Å². The first kappa shape index (κ1) is 17.2. The van der Waals surface area contributed by atoms with Gasteiger partial charge in [0.15, 0.2) is 23.2 Å². The first-order valence-electron chi connectivity index (χ1n) is 8.11. The summed E-state index contributed by atoms with van der Waals surface area (Å²) >= 11 is 1.59. The quantitative estimate of drug-likeness (QED) is 0.449. The summed E-state index contributed by atoms with van der Waals surface area (Å²) in [7, 11) is 0. The Kier molecular flexibility index (Phi) is 4.78. The van der Waals surface area contributed by atoms with Crippen LogP contribution in [0.25, 0.3) is 11.2 Å². The number of aromatic nitrogens is 5. The lowest BCUT2D eigenvalue weighted by Crippen LogP contribution is -2.33. The Labute approximate surface area is 152 Å². The molecule has 0 saturated carbocycles. The Balaban J connectivity index is 1.55. The number of thiazole rings is 1. The number of aliphatic hydroxyl groups is 3. The molecule has 10 nitrogen and oxygen atoms in total. The molecule has 1 saturated heterocycles. The van der Waals surface area contributed by atoms with Gasteiger partial charge >= 0.3 is 0 Å². The van der Waals surface area contributed by atoms with Gasteiger partial charge < -0.3 is 25.4 Å². The van der Waals surface area contributed by atoms with Crippen LogP contribution >= 0.6 is 11.3 Å². The van der Waals surface area contributed by atoms with Crippen LogP contribution in [0.5, 0.6) is 0 Å². The van der Waals surface area contributed by atoms with Crippen molar-refractivity contribution in [2.75, 3.05) is 18.5 Å². The van der Waals surface area contributed by atoms with E-state index < -0.39 is 24.5 Å². The molecule has 4 heterocycles. The maximum Gasteiger partial charge on any atom is 0.167 e. The first-order valence-corrected chi connectivity index (χ1v) is 8.99. The molecule has 0 radical (unpaired) electrons. The summed E-state index contributed by atoms with van der Waals surface area (Å²) in [4.78, 5) is 17.0. The second-order valence-corrected chi connectivity index (χ2v) is 6.86. The van der Waals surface area contributed by atoms with Gasteiger partial charge in [-0.25, -0.2) is 19.9 Å². The summed E-state index contributed by atoms with van der Waals surface area (Å²) < 4.78 is 7.08. The molecule has 0 bridgehead atoms. The second kappa shape index (κ2) is 7.21. The van der Waals surface area contributed by atoms with Crippen molar-refractivity contribution in [3.8, 4) is 0 Å². The Morgan fingerprint density at radius 2 is 2.08 bits per heavy atom. The van der Waals surface area contributed by atoms with E-state index in [9.17, 15) is 15.3 Å². The van der Waals surface area contributed by atoms with Crippen molar-refractivity contribution in [1.29, 1.82) is 0 Å². The van der Waals surface area contributed by atoms with E-state index in [2.05, 4.69) is 25.3 Å². The van der Waals surface area contributed by atoms with Gasteiger partial charge in [-0.3, -0.25) is 4.57 Å². The Morgan fingerprint density at radius 1 is 1.19 bits per heavy atom. The van der Waals surface area contributed by atoms with E-state index in [0.717, 1.165) is 11.4 Å². The molecule has 0 aromatic carbocycles. The van der Waals surface area contributed by atoms with E-state index in [1.54, 1.807) is 17.5 Å². The molecule has 4 atom stereocenters. The lowest BCUT2D eigenvalue weighted by atomic mass is 10.1. The third-order valence-electron chi connectivity index (χ3n) is 4.26. The van der Waals surface area contributed by atoms with Crippen LogP contribution in [-0.4, -0.2) is 71.3 Å². The number of hydrogen-bond donors (Lipinski definition) is 4. The third-order valence-corrected chi connectivity index (χ3v) is 5.10. The topological polar surface area (TPSA) is 138 Å². The minimum absolute atomic E-state index is 0.389. The lowest BCUT2D eigenvalue weighted by Gasteiger charge is -2.16. The molecule has 26 heavy (non-hydrogen) atoms. The predicted molar refractivity (Wildman–Crippen MR) is 92.6 cm³/mol. The maximum absolute atomic E-state index is 10.2. The van der Waals surface area contributed by atoms with Crippen LogP contribution in [0, 0.1) is 0 Å². The van der Waals surface area contributed by atoms with Crippen molar-refractivity contribution < 1.29 is 20.1 Å². The molecule has 2 unspecified atom stereocenters. The molecule has 3 aromatic heterocycles. The van der Waals surface area contributed by atoms with Crippen molar-refractivity contribution in [2.24, 2.45) is 0 Å². The largest absolute Gasteiger partial charge is 0.394 e. The predicted octanol–water partition coefficient (Wildman–Crippen LogP) is -0.451. The standard InChI is InChI=1S/C15H18N6O4S/c22-5-8-11(23)12(24)15(25-8)21-7-20-10-13(18-6-19-14(10)21)17-2-1-9-16-3-4-26-9/h3-4,6-8,11-12,15,22-24H,1-2,5H2,(H,17,18,19)/t8-,11?,12?,15-/m1/s1. The van der Waals surface area contributed by atoms with E-state index in [-0.39, 0.29) is 6.61 Å². The summed E-state index contributed by atoms with van der Waals surface area (Å²) in [6.45, 7) is 0.250. The molecule has 4 rings (SSSR count). The van der Waals surface area contributed by atoms with Crippen molar-refractivity contribution in [3.63, 3.8) is 0 Å². The second-order valence-electron chi connectivity index (χ2n) is 5.88. The zero-order valence-corrected chi connectivity index (χ0v) is 14.5. The average molecular weight is 378 g/mol. The van der Waals surface area contributed by atoms with E-state index in [4.69, 9.17) is 4.74 Å². The van der Waals surface area contributed by atoms with Crippen molar-refractivity contribution in [2.45, 2.75) is 31.0 Å². The molecular formula is C15H18N6O4S. The van der Waals surface area contributed by atoms with Crippen LogP contribution < -0.4 is 5.32 Å². The maximum atomic E-state index is 10.2. The molecule has 138 valence electrons. The first-order chi connectivity index (χ1) is 12.7. The van der Waals surface area contributed by atoms with Gasteiger partial charge in [-0.15, -0.1) is 11.3 Å². The Hall–Kier alpha value is -2.18. The highest BCUT2D eigenvalue weighted by Gasteiger charge is 2.44. The summed E-state index contributed by atoms with van der Waals surface area (Å²) in [6.07, 6.45) is 1.29. The van der Waals surface area contributed by atoms with E-state index in [1.807, 2.05) is 5.38 Å². The molecule has 0 spiro atoms. The summed E-state index contributed by atoms with van der Waals surface area (Å²) in [5, 5.41) is 35.6. The molecule has 11 heteroatoms. The number of rotatable bonds is 6. The third kappa shape index (κ3) is 3.04. The van der Waals surface area contributed by atoms with E-state index in [0.29, 0.717) is 23.5 Å². The molecule has 0 amide bonds. The van der Waals surface area contributed by atoms with Crippen LogP contribution in [0.15, 0.2) is 24.2 Å². The lowest BCUT2D eigenvalue weighted by molar-refractivity contribution is -0.0511. The normalized spacial score (nSPS) is 25.8. The molecular weight excluding hydrogens is 360 g/mol. The van der Waals surface area contributed by atoms with E-state index in [1.165, 1.54) is 17.2 Å². The van der Waals surface area contributed by atoms with Crippen molar-refractivity contribution in [1.82, 2.24) is 24.5 Å². The Morgan fingerprint density at radius 3 is 2.81 bits per heavy atom. The number of hydrogen-bond acceptors (Lipinski definition) is 10. The molecule has 1 aliphatic rings. The minimum Gasteiger partial charge on any atom is -0.394 e. The number of anilines is 1. The monoisotopic (exact) mass is 378 g/mol. The molecule has 1 aliphatic heterocycles. The van der Waals surface area contributed by atoms with E-state index >= 15 is 0 Å². The number of nitrogens with one attached hydrogen (secondary N) is 1. The van der Waals surface area contributed by atoms with Gasteiger partial charge in [0.05, 0.1) is 17.9 Å². The zero-order chi connectivity index (χ0) is 18.1. The molecule has 1 fully saturated rings. The SMILES string of the molecule is OC[C@H]1O[C@@H](n2cnc3c(NCCc4nccs4)ncnc32)C(O)C1O. The van der Waals surface area contributed by atoms with Gasteiger partial charge in [-0.2, -0.15) is 0 Å². The zero-order valence-electron chi connectivity index (χ0n) is 13.6. The number of fused-ring (bicyclic) bond motifs is 1. The van der Waals surface area contributed by atoms with Crippen LogP contribution in [-0.2, 0) is 11.2 Å². The highest BCUT2D eigenvalue weighted by molar-refractivity contribution is 7.09. The molecule has 4 N–H and O–H groups in total. The number of imidazole rings is 1. The van der Waals surface area contributed by atoms with Gasteiger partial charge in [-0.05, 0) is 0 Å². The summed E-state index contributed by atoms with van der Waals surface area (Å²) in [5.41, 5.74) is 0.996. The van der Waals surface area contributed by atoms with Crippen LogP contribution in [0.2, 0.25) is 0 Å². The number of ether oxygens (including phenoxy) is 1. The average Bonchev–Trinajstić information content (AvgIpc) is 3.37. The molecule has 3 aromatic rings. The minimum atomic E-state index is -1.19. The molecule has 0 aliphatic carbocycles. The van der Waals surface area contributed by atoms with Gasteiger partial charge in [-0.1, -0.05) is 0 Å². The fraction of sp³-hybridized carbons (Fsp3) is 0.467. The van der Waals surface area contributed by atoms with Crippen LogP contribution in [0.1, 0.15) is 11.2 Å². The number of aliphatic hydroxyl groups excluding tert-OH is 3. The van der Waals surface area contributed by atoms with Crippen LogP contribution in [0.3, 0.4) is 0 Å². The van der Waals surface area contributed by atoms with Crippen molar-refractivity contribution >= 4 is 28.3 Å². The smallest absolute Gasteiger partial charge is 0.167 e. The van der Waals surface area contributed by atoms with Gasteiger partial charge in [0, 0.05) is 24.5 Å². The van der Waals surface area contributed by atoms with Gasteiger partial charge in [0.1, 0.15) is 24.6 Å². The van der Waals surface area contributed by atoms with Gasteiger partial charge in [0.2, 0.25) is 0 Å².